The molecular formula is C12H17N7O. The highest BCUT2D eigenvalue weighted by Crippen LogP contribution is 2.13. The minimum absolute atomic E-state index is 0.280. The van der Waals surface area contributed by atoms with Gasteiger partial charge in [0.25, 0.3) is 5.91 Å². The number of pyridine rings is 1. The maximum atomic E-state index is 12.2. The minimum atomic E-state index is -0.280. The Morgan fingerprint density at radius 3 is 2.85 bits per heavy atom. The number of nitrogens with zero attached hydrogens (tertiary/aromatic N) is 4. The summed E-state index contributed by atoms with van der Waals surface area (Å²) in [5, 5.41) is 6.57. The summed E-state index contributed by atoms with van der Waals surface area (Å²) >= 11 is 0. The van der Waals surface area contributed by atoms with Crippen LogP contribution in [0, 0.1) is 0 Å². The van der Waals surface area contributed by atoms with Gasteiger partial charge in [0, 0.05) is 18.3 Å². The Morgan fingerprint density at radius 2 is 2.25 bits per heavy atom. The van der Waals surface area contributed by atoms with Crippen LogP contribution in [0.5, 0.6) is 0 Å². The van der Waals surface area contributed by atoms with E-state index >= 15 is 0 Å². The smallest absolute Gasteiger partial charge is 0.258 e. The van der Waals surface area contributed by atoms with E-state index in [1.54, 1.807) is 19.2 Å². The number of hydrogen-bond donors (Lipinski definition) is 3. The molecule has 4 N–H and O–H groups in total. The Morgan fingerprint density at radius 1 is 1.45 bits per heavy atom. The van der Waals surface area contributed by atoms with E-state index in [-0.39, 0.29) is 5.91 Å². The van der Waals surface area contributed by atoms with Gasteiger partial charge in [-0.15, -0.1) is 0 Å². The molecule has 0 aliphatic carbocycles. The predicted octanol–water partition coefficient (Wildman–Crippen LogP) is 0.700. The van der Waals surface area contributed by atoms with Gasteiger partial charge in [-0.25, -0.2) is 15.5 Å². The first-order valence-electron chi connectivity index (χ1n) is 6.27. The van der Waals surface area contributed by atoms with Crippen LogP contribution in [0.15, 0.2) is 18.5 Å². The van der Waals surface area contributed by atoms with Crippen LogP contribution >= 0.6 is 0 Å². The van der Waals surface area contributed by atoms with Crippen LogP contribution in [0.3, 0.4) is 0 Å². The highest BCUT2D eigenvalue weighted by molar-refractivity contribution is 6.03. The fourth-order valence-corrected chi connectivity index (χ4v) is 1.76. The van der Waals surface area contributed by atoms with Gasteiger partial charge in [0.2, 0.25) is 5.95 Å². The molecule has 8 heteroatoms. The molecule has 0 spiro atoms. The number of anilines is 2. The third kappa shape index (κ3) is 3.09. The van der Waals surface area contributed by atoms with Gasteiger partial charge in [0.05, 0.1) is 0 Å². The monoisotopic (exact) mass is 275 g/mol. The second-order valence-corrected chi connectivity index (χ2v) is 4.29. The summed E-state index contributed by atoms with van der Waals surface area (Å²) in [7, 11) is 1.70. The molecule has 0 radical (unpaired) electrons. The van der Waals surface area contributed by atoms with Crippen molar-refractivity contribution in [2.24, 2.45) is 12.9 Å². The Labute approximate surface area is 116 Å². The van der Waals surface area contributed by atoms with Crippen molar-refractivity contribution in [1.82, 2.24) is 19.7 Å². The molecular weight excluding hydrogens is 258 g/mol. The lowest BCUT2D eigenvalue weighted by Gasteiger charge is -2.08. The van der Waals surface area contributed by atoms with E-state index in [1.807, 2.05) is 6.92 Å². The highest BCUT2D eigenvalue weighted by Gasteiger charge is 2.12. The van der Waals surface area contributed by atoms with Gasteiger partial charge >= 0.3 is 0 Å². The molecule has 2 aromatic heterocycles. The average molecular weight is 275 g/mol. The second-order valence-electron chi connectivity index (χ2n) is 4.29. The van der Waals surface area contributed by atoms with Gasteiger partial charge in [-0.2, -0.15) is 10.1 Å². The molecule has 0 aromatic carbocycles. The van der Waals surface area contributed by atoms with E-state index < -0.39 is 0 Å². The standard InChI is InChI=1S/C12H17N7O/c1-3-4-9-5-8(6-10(16-9)18-13)11(20)17-12-14-7-15-19(12)2/h5-7H,3-4,13H2,1-2H3,(H,16,18)(H,14,15,17,20). The molecule has 0 fully saturated rings. The fraction of sp³-hybridized carbons (Fsp3) is 0.333. The number of aromatic nitrogens is 4. The van der Waals surface area contributed by atoms with Crippen LogP contribution in [0.25, 0.3) is 0 Å². The number of nitrogens with one attached hydrogen (secondary N) is 2. The van der Waals surface area contributed by atoms with Crippen molar-refractivity contribution in [2.45, 2.75) is 19.8 Å². The first-order chi connectivity index (χ1) is 9.63. The van der Waals surface area contributed by atoms with Crippen molar-refractivity contribution in [3.8, 4) is 0 Å². The second kappa shape index (κ2) is 6.11. The molecule has 8 nitrogen and oxygen atoms in total. The number of carbonyl (C=O) groups excluding carboxylic acids is 1. The average Bonchev–Trinajstić information content (AvgIpc) is 2.84. The molecule has 0 unspecified atom stereocenters. The van der Waals surface area contributed by atoms with E-state index in [0.717, 1.165) is 18.5 Å². The lowest BCUT2D eigenvalue weighted by molar-refractivity contribution is 0.102. The van der Waals surface area contributed by atoms with Crippen molar-refractivity contribution in [1.29, 1.82) is 0 Å². The zero-order chi connectivity index (χ0) is 14.5. The molecule has 0 aliphatic rings. The summed E-state index contributed by atoms with van der Waals surface area (Å²) < 4.78 is 1.48. The molecule has 20 heavy (non-hydrogen) atoms. The normalized spacial score (nSPS) is 10.3. The Balaban J connectivity index is 2.24. The molecule has 0 aliphatic heterocycles. The lowest BCUT2D eigenvalue weighted by Crippen LogP contribution is -2.17. The van der Waals surface area contributed by atoms with Crippen LogP contribution in [-0.4, -0.2) is 25.7 Å². The minimum Gasteiger partial charge on any atom is -0.308 e. The molecule has 2 rings (SSSR count). The molecule has 106 valence electrons. The predicted molar refractivity (Wildman–Crippen MR) is 75.0 cm³/mol. The quantitative estimate of drug-likeness (QED) is 0.547. The summed E-state index contributed by atoms with van der Waals surface area (Å²) in [6.45, 7) is 2.05. The number of nitrogens with two attached hydrogens (primary N) is 1. The van der Waals surface area contributed by atoms with Crippen LogP contribution in [0.4, 0.5) is 11.8 Å². The molecule has 1 amide bonds. The maximum absolute atomic E-state index is 12.2. The van der Waals surface area contributed by atoms with Crippen molar-refractivity contribution in [3.05, 3.63) is 29.7 Å². The number of rotatable bonds is 5. The van der Waals surface area contributed by atoms with E-state index in [4.69, 9.17) is 5.84 Å². The summed E-state index contributed by atoms with van der Waals surface area (Å²) in [6.07, 6.45) is 3.09. The largest absolute Gasteiger partial charge is 0.308 e. The lowest BCUT2D eigenvalue weighted by atomic mass is 10.1. The molecule has 0 atom stereocenters. The van der Waals surface area contributed by atoms with Crippen LogP contribution in [0.2, 0.25) is 0 Å². The van der Waals surface area contributed by atoms with Gasteiger partial charge in [0.15, 0.2) is 0 Å². The fourth-order valence-electron chi connectivity index (χ4n) is 1.76. The first-order valence-corrected chi connectivity index (χ1v) is 6.27. The van der Waals surface area contributed by atoms with Gasteiger partial charge in [0.1, 0.15) is 12.1 Å². The molecule has 2 aromatic rings. The number of aryl methyl sites for hydroxylation is 2. The summed E-state index contributed by atoms with van der Waals surface area (Å²) in [5.41, 5.74) is 3.75. The van der Waals surface area contributed by atoms with Gasteiger partial charge in [-0.3, -0.25) is 10.1 Å². The Hall–Kier alpha value is -2.48. The first kappa shape index (κ1) is 13.9. The van der Waals surface area contributed by atoms with Gasteiger partial charge in [-0.05, 0) is 18.6 Å². The van der Waals surface area contributed by atoms with E-state index in [1.165, 1.54) is 11.0 Å². The number of nitrogen functional groups attached to an aromatic ring is 1. The molecule has 0 saturated carbocycles. The third-order valence-electron chi connectivity index (χ3n) is 2.73. The number of hydrazine groups is 1. The Kier molecular flexibility index (Phi) is 4.26. The van der Waals surface area contributed by atoms with Crippen molar-refractivity contribution >= 4 is 17.7 Å². The van der Waals surface area contributed by atoms with E-state index in [2.05, 4.69) is 25.8 Å². The number of carbonyl (C=O) groups is 1. The van der Waals surface area contributed by atoms with Gasteiger partial charge < -0.3 is 5.43 Å². The van der Waals surface area contributed by atoms with E-state index in [0.29, 0.717) is 17.3 Å². The number of hydrogen-bond acceptors (Lipinski definition) is 6. The zero-order valence-corrected chi connectivity index (χ0v) is 11.4. The van der Waals surface area contributed by atoms with Crippen molar-refractivity contribution in [3.63, 3.8) is 0 Å². The molecule has 0 bridgehead atoms. The van der Waals surface area contributed by atoms with Gasteiger partial charge in [-0.1, -0.05) is 13.3 Å². The van der Waals surface area contributed by atoms with Crippen LogP contribution in [-0.2, 0) is 13.5 Å². The third-order valence-corrected chi connectivity index (χ3v) is 2.73. The van der Waals surface area contributed by atoms with E-state index in [9.17, 15) is 4.79 Å². The summed E-state index contributed by atoms with van der Waals surface area (Å²) in [5.74, 6) is 5.93. The molecule has 2 heterocycles. The Bertz CT molecular complexity index is 608. The summed E-state index contributed by atoms with van der Waals surface area (Å²) in [6, 6.07) is 3.33. The number of amides is 1. The summed E-state index contributed by atoms with van der Waals surface area (Å²) in [4.78, 5) is 20.4. The van der Waals surface area contributed by atoms with Crippen LogP contribution < -0.4 is 16.6 Å². The highest BCUT2D eigenvalue weighted by atomic mass is 16.1. The maximum Gasteiger partial charge on any atom is 0.258 e. The van der Waals surface area contributed by atoms with Crippen molar-refractivity contribution in [2.75, 3.05) is 10.7 Å². The van der Waals surface area contributed by atoms with Crippen molar-refractivity contribution < 1.29 is 4.79 Å². The zero-order valence-electron chi connectivity index (χ0n) is 11.4. The molecule has 0 saturated heterocycles. The topological polar surface area (TPSA) is 111 Å². The SMILES string of the molecule is CCCc1cc(C(=O)Nc2ncnn2C)cc(NN)n1. The van der Waals surface area contributed by atoms with Crippen LogP contribution in [0.1, 0.15) is 29.4 Å².